The number of nitrogens with two attached hydrogens (primary N) is 1. The standard InChI is InChI=1S/C13H18F3NO2.ClH/c1-12(2,3)11(17)9-7-8(19-13(14,15)16)5-6-10(9)18-4;/h5-7,11H,17H2,1-4H3;1H/t11-;/m1./s1. The molecule has 0 aliphatic heterocycles. The molecule has 7 heteroatoms. The molecule has 0 aromatic heterocycles. The second kappa shape index (κ2) is 6.54. The zero-order valence-corrected chi connectivity index (χ0v) is 12.6. The molecule has 1 aromatic carbocycles. The van der Waals surface area contributed by atoms with Crippen LogP contribution < -0.4 is 15.2 Å². The smallest absolute Gasteiger partial charge is 0.496 e. The van der Waals surface area contributed by atoms with Gasteiger partial charge in [0, 0.05) is 11.6 Å². The first-order valence-electron chi connectivity index (χ1n) is 5.74. The first-order valence-corrected chi connectivity index (χ1v) is 5.74. The van der Waals surface area contributed by atoms with Crippen LogP contribution in [-0.2, 0) is 0 Å². The first kappa shape index (κ1) is 18.9. The molecule has 0 radical (unpaired) electrons. The molecule has 2 N–H and O–H groups in total. The molecule has 0 spiro atoms. The van der Waals surface area contributed by atoms with Crippen molar-refractivity contribution in [1.82, 2.24) is 0 Å². The molecule has 116 valence electrons. The van der Waals surface area contributed by atoms with E-state index in [1.165, 1.54) is 25.3 Å². The molecule has 1 rings (SSSR count). The number of methoxy groups -OCH3 is 1. The Morgan fingerprint density at radius 2 is 1.70 bits per heavy atom. The van der Waals surface area contributed by atoms with Gasteiger partial charge in [-0.15, -0.1) is 25.6 Å². The Balaban J connectivity index is 0.00000361. The van der Waals surface area contributed by atoms with E-state index >= 15 is 0 Å². The van der Waals surface area contributed by atoms with Gasteiger partial charge < -0.3 is 15.2 Å². The molecule has 20 heavy (non-hydrogen) atoms. The van der Waals surface area contributed by atoms with Crippen LogP contribution in [0.3, 0.4) is 0 Å². The Bertz CT molecular complexity index is 444. The topological polar surface area (TPSA) is 44.5 Å². The van der Waals surface area contributed by atoms with Crippen molar-refractivity contribution < 1.29 is 22.6 Å². The van der Waals surface area contributed by atoms with E-state index < -0.39 is 12.4 Å². The molecule has 0 aliphatic rings. The lowest BCUT2D eigenvalue weighted by Crippen LogP contribution is -2.27. The van der Waals surface area contributed by atoms with Gasteiger partial charge in [-0.05, 0) is 23.6 Å². The third-order valence-electron chi connectivity index (χ3n) is 2.70. The number of rotatable bonds is 3. The zero-order valence-electron chi connectivity index (χ0n) is 11.7. The number of halogens is 4. The Hall–Kier alpha value is -1.14. The summed E-state index contributed by atoms with van der Waals surface area (Å²) in [4.78, 5) is 0. The lowest BCUT2D eigenvalue weighted by molar-refractivity contribution is -0.274. The van der Waals surface area contributed by atoms with Crippen molar-refractivity contribution in [2.45, 2.75) is 33.2 Å². The Morgan fingerprint density at radius 1 is 1.15 bits per heavy atom. The van der Waals surface area contributed by atoms with E-state index in [0.29, 0.717) is 11.3 Å². The van der Waals surface area contributed by atoms with Gasteiger partial charge in [0.15, 0.2) is 0 Å². The maximum Gasteiger partial charge on any atom is 0.573 e. The van der Waals surface area contributed by atoms with Crippen molar-refractivity contribution in [1.29, 1.82) is 0 Å². The Labute approximate surface area is 122 Å². The van der Waals surface area contributed by atoms with Gasteiger partial charge in [0.1, 0.15) is 11.5 Å². The fourth-order valence-corrected chi connectivity index (χ4v) is 1.62. The zero-order chi connectivity index (χ0) is 14.8. The number of benzene rings is 1. The van der Waals surface area contributed by atoms with Crippen LogP contribution in [0.15, 0.2) is 18.2 Å². The van der Waals surface area contributed by atoms with Crippen molar-refractivity contribution in [2.24, 2.45) is 11.1 Å². The summed E-state index contributed by atoms with van der Waals surface area (Å²) in [7, 11) is 1.44. The predicted molar refractivity (Wildman–Crippen MR) is 73.3 cm³/mol. The van der Waals surface area contributed by atoms with Gasteiger partial charge in [0.25, 0.3) is 0 Å². The van der Waals surface area contributed by atoms with Gasteiger partial charge in [0.05, 0.1) is 7.11 Å². The first-order chi connectivity index (χ1) is 8.54. The van der Waals surface area contributed by atoms with E-state index in [1.54, 1.807) is 0 Å². The van der Waals surface area contributed by atoms with E-state index in [1.807, 2.05) is 20.8 Å². The highest BCUT2D eigenvalue weighted by atomic mass is 35.5. The summed E-state index contributed by atoms with van der Waals surface area (Å²) in [5, 5.41) is 0. The number of hydrogen-bond acceptors (Lipinski definition) is 3. The molecule has 3 nitrogen and oxygen atoms in total. The van der Waals surface area contributed by atoms with Crippen molar-refractivity contribution in [2.75, 3.05) is 7.11 Å². The summed E-state index contributed by atoms with van der Waals surface area (Å²) < 4.78 is 45.6. The number of alkyl halides is 3. The third-order valence-corrected chi connectivity index (χ3v) is 2.70. The SMILES string of the molecule is COc1ccc(OC(F)(F)F)cc1[C@@H](N)C(C)(C)C.Cl. The lowest BCUT2D eigenvalue weighted by Gasteiger charge is -2.29. The summed E-state index contributed by atoms with van der Waals surface area (Å²) in [6.45, 7) is 5.69. The summed E-state index contributed by atoms with van der Waals surface area (Å²) in [5.74, 6) is 0.139. The van der Waals surface area contributed by atoms with Crippen molar-refractivity contribution >= 4 is 12.4 Å². The minimum Gasteiger partial charge on any atom is -0.496 e. The second-order valence-electron chi connectivity index (χ2n) is 5.30. The monoisotopic (exact) mass is 313 g/mol. The van der Waals surface area contributed by atoms with Crippen LogP contribution in [0.4, 0.5) is 13.2 Å². The molecule has 0 aliphatic carbocycles. The van der Waals surface area contributed by atoms with Crippen molar-refractivity contribution in [3.05, 3.63) is 23.8 Å². The van der Waals surface area contributed by atoms with Crippen molar-refractivity contribution in [3.63, 3.8) is 0 Å². The molecule has 0 saturated heterocycles. The molecule has 0 heterocycles. The quantitative estimate of drug-likeness (QED) is 0.915. The highest BCUT2D eigenvalue weighted by Gasteiger charge is 2.32. The van der Waals surface area contributed by atoms with Crippen LogP contribution in [0.25, 0.3) is 0 Å². The summed E-state index contributed by atoms with van der Waals surface area (Å²) in [6.07, 6.45) is -4.72. The maximum absolute atomic E-state index is 12.2. The van der Waals surface area contributed by atoms with Crippen LogP contribution in [0.5, 0.6) is 11.5 Å². The van der Waals surface area contributed by atoms with E-state index in [0.717, 1.165) is 0 Å². The van der Waals surface area contributed by atoms with Gasteiger partial charge in [-0.25, -0.2) is 0 Å². The normalized spacial score (nSPS) is 13.4. The van der Waals surface area contributed by atoms with Crippen LogP contribution >= 0.6 is 12.4 Å². The van der Waals surface area contributed by atoms with E-state index in [9.17, 15) is 13.2 Å². The average molecular weight is 314 g/mol. The molecule has 0 saturated carbocycles. The highest BCUT2D eigenvalue weighted by molar-refractivity contribution is 5.85. The largest absolute Gasteiger partial charge is 0.573 e. The maximum atomic E-state index is 12.2. The minimum atomic E-state index is -4.72. The van der Waals surface area contributed by atoms with Crippen molar-refractivity contribution in [3.8, 4) is 11.5 Å². The van der Waals surface area contributed by atoms with Gasteiger partial charge in [-0.2, -0.15) is 0 Å². The summed E-state index contributed by atoms with van der Waals surface area (Å²) in [6, 6.07) is 3.41. The average Bonchev–Trinajstić information content (AvgIpc) is 2.24. The summed E-state index contributed by atoms with van der Waals surface area (Å²) >= 11 is 0. The minimum absolute atomic E-state index is 0. The van der Waals surface area contributed by atoms with Crippen LogP contribution in [-0.4, -0.2) is 13.5 Å². The van der Waals surface area contributed by atoms with E-state index in [2.05, 4.69) is 4.74 Å². The molecule has 0 unspecified atom stereocenters. The molecular formula is C13H19ClF3NO2. The molecule has 1 aromatic rings. The molecule has 0 bridgehead atoms. The lowest BCUT2D eigenvalue weighted by atomic mass is 9.82. The summed E-state index contributed by atoms with van der Waals surface area (Å²) in [5.41, 5.74) is 6.23. The van der Waals surface area contributed by atoms with Gasteiger partial charge >= 0.3 is 6.36 Å². The fourth-order valence-electron chi connectivity index (χ4n) is 1.62. The van der Waals surface area contributed by atoms with E-state index in [4.69, 9.17) is 10.5 Å². The van der Waals surface area contributed by atoms with E-state index in [-0.39, 0.29) is 23.6 Å². The predicted octanol–water partition coefficient (Wildman–Crippen LogP) is 4.06. The Kier molecular flexibility index (Phi) is 6.17. The molecule has 0 amide bonds. The number of ether oxygens (including phenoxy) is 2. The molecule has 1 atom stereocenters. The van der Waals surface area contributed by atoms with Gasteiger partial charge in [-0.3, -0.25) is 0 Å². The van der Waals surface area contributed by atoms with Crippen LogP contribution in [0, 0.1) is 5.41 Å². The molecule has 0 fully saturated rings. The molecular weight excluding hydrogens is 295 g/mol. The van der Waals surface area contributed by atoms with Gasteiger partial charge in [0.2, 0.25) is 0 Å². The second-order valence-corrected chi connectivity index (χ2v) is 5.30. The Morgan fingerprint density at radius 3 is 2.10 bits per heavy atom. The van der Waals surface area contributed by atoms with Crippen LogP contribution in [0.1, 0.15) is 32.4 Å². The highest BCUT2D eigenvalue weighted by Crippen LogP contribution is 2.38. The number of hydrogen-bond donors (Lipinski definition) is 1. The third kappa shape index (κ3) is 5.09. The fraction of sp³-hybridized carbons (Fsp3) is 0.538. The van der Waals surface area contributed by atoms with Crippen LogP contribution in [0.2, 0.25) is 0 Å². The van der Waals surface area contributed by atoms with Gasteiger partial charge in [-0.1, -0.05) is 20.8 Å².